The minimum absolute atomic E-state index is 0.137. The predicted molar refractivity (Wildman–Crippen MR) is 122 cm³/mol. The van der Waals surface area contributed by atoms with E-state index in [9.17, 15) is 9.90 Å². The fourth-order valence-electron chi connectivity index (χ4n) is 4.29. The van der Waals surface area contributed by atoms with E-state index in [4.69, 9.17) is 9.31 Å². The van der Waals surface area contributed by atoms with Crippen molar-refractivity contribution in [2.24, 2.45) is 0 Å². The van der Waals surface area contributed by atoms with Gasteiger partial charge in [-0.1, -0.05) is 39.2 Å². The molecule has 1 unspecified atom stereocenters. The van der Waals surface area contributed by atoms with Gasteiger partial charge in [-0.2, -0.15) is 0 Å². The molecule has 2 aliphatic heterocycles. The molecule has 1 atom stereocenters. The Morgan fingerprint density at radius 1 is 1.10 bits per heavy atom. The van der Waals surface area contributed by atoms with Crippen LogP contribution in [0.1, 0.15) is 92.1 Å². The number of aliphatic hydroxyl groups is 1. The van der Waals surface area contributed by atoms with Gasteiger partial charge in [0, 0.05) is 18.7 Å². The zero-order valence-electron chi connectivity index (χ0n) is 19.6. The van der Waals surface area contributed by atoms with Crippen molar-refractivity contribution in [3.63, 3.8) is 0 Å². The Balaban J connectivity index is 2.02. The third kappa shape index (κ3) is 4.46. The molecule has 1 N–H and O–H groups in total. The maximum Gasteiger partial charge on any atom is 0.494 e. The van der Waals surface area contributed by atoms with E-state index >= 15 is 0 Å². The predicted octanol–water partition coefficient (Wildman–Crippen LogP) is 4.29. The van der Waals surface area contributed by atoms with Gasteiger partial charge in [0.1, 0.15) is 0 Å². The first-order chi connectivity index (χ1) is 14.0. The minimum Gasteiger partial charge on any atom is -0.399 e. The molecule has 0 spiro atoms. The molecule has 1 aromatic rings. The highest BCUT2D eigenvalue weighted by Crippen LogP contribution is 2.38. The van der Waals surface area contributed by atoms with Crippen molar-refractivity contribution in [2.45, 2.75) is 103 Å². The van der Waals surface area contributed by atoms with Crippen molar-refractivity contribution in [2.75, 3.05) is 11.4 Å². The van der Waals surface area contributed by atoms with E-state index in [1.165, 1.54) is 0 Å². The summed E-state index contributed by atoms with van der Waals surface area (Å²) in [5.74, 6) is 0.137. The normalized spacial score (nSPS) is 22.6. The standard InChI is InChI=1S/C24H38BNO4/c1-7-9-10-13-24(28,8-2)18-15-19(25-29-22(3,4)23(5,6)30-25)17-20(16-18)26-14-11-12-21(26)27/h15-17,28H,7-14H2,1-6H3. The zero-order valence-corrected chi connectivity index (χ0v) is 19.6. The Labute approximate surface area is 182 Å². The zero-order chi connectivity index (χ0) is 22.2. The summed E-state index contributed by atoms with van der Waals surface area (Å²) < 4.78 is 12.6. The average molecular weight is 415 g/mol. The van der Waals surface area contributed by atoms with Crippen LogP contribution < -0.4 is 10.4 Å². The van der Waals surface area contributed by atoms with E-state index < -0.39 is 23.9 Å². The summed E-state index contributed by atoms with van der Waals surface area (Å²) in [6, 6.07) is 6.01. The van der Waals surface area contributed by atoms with Crippen molar-refractivity contribution in [1.29, 1.82) is 0 Å². The van der Waals surface area contributed by atoms with E-state index in [2.05, 4.69) is 6.92 Å². The summed E-state index contributed by atoms with van der Waals surface area (Å²) >= 11 is 0. The number of carbonyl (C=O) groups is 1. The molecule has 3 rings (SSSR count). The molecule has 1 aromatic carbocycles. The van der Waals surface area contributed by atoms with Gasteiger partial charge in [-0.25, -0.2) is 0 Å². The van der Waals surface area contributed by atoms with Crippen LogP contribution >= 0.6 is 0 Å². The molecule has 2 heterocycles. The number of carbonyl (C=O) groups excluding carboxylic acids is 1. The lowest BCUT2D eigenvalue weighted by Gasteiger charge is -2.32. The van der Waals surface area contributed by atoms with Crippen LogP contribution in [0.25, 0.3) is 0 Å². The number of anilines is 1. The first-order valence-electron chi connectivity index (χ1n) is 11.6. The van der Waals surface area contributed by atoms with E-state index in [1.807, 2.05) is 57.7 Å². The van der Waals surface area contributed by atoms with Crippen LogP contribution in [0.4, 0.5) is 5.69 Å². The number of benzene rings is 1. The second kappa shape index (κ2) is 8.64. The Morgan fingerprint density at radius 2 is 1.77 bits per heavy atom. The molecule has 5 nitrogen and oxygen atoms in total. The largest absolute Gasteiger partial charge is 0.494 e. The summed E-state index contributed by atoms with van der Waals surface area (Å²) in [6.45, 7) is 13.0. The number of rotatable bonds is 8. The number of nitrogens with zero attached hydrogens (tertiary/aromatic N) is 1. The summed E-state index contributed by atoms with van der Waals surface area (Å²) in [6.07, 6.45) is 5.94. The molecule has 0 saturated carbocycles. The summed E-state index contributed by atoms with van der Waals surface area (Å²) in [7, 11) is -0.525. The van der Waals surface area contributed by atoms with Gasteiger partial charge in [-0.3, -0.25) is 4.79 Å². The number of hydrogen-bond acceptors (Lipinski definition) is 4. The number of unbranched alkanes of at least 4 members (excludes halogenated alkanes) is 2. The SMILES string of the molecule is CCCCCC(O)(CC)c1cc(B2OC(C)(C)C(C)(C)O2)cc(N2CCCC2=O)c1. The molecule has 0 radical (unpaired) electrons. The maximum absolute atomic E-state index is 12.5. The lowest BCUT2D eigenvalue weighted by atomic mass is 9.75. The topological polar surface area (TPSA) is 59.0 Å². The van der Waals surface area contributed by atoms with Crippen molar-refractivity contribution >= 4 is 24.2 Å². The molecular weight excluding hydrogens is 377 g/mol. The third-order valence-electron chi connectivity index (χ3n) is 7.17. The van der Waals surface area contributed by atoms with Gasteiger partial charge < -0.3 is 19.3 Å². The van der Waals surface area contributed by atoms with E-state index in [1.54, 1.807) is 0 Å². The molecule has 0 bridgehead atoms. The Morgan fingerprint density at radius 3 is 2.30 bits per heavy atom. The average Bonchev–Trinajstić information content (AvgIpc) is 3.21. The van der Waals surface area contributed by atoms with Gasteiger partial charge in [0.05, 0.1) is 16.8 Å². The van der Waals surface area contributed by atoms with Crippen molar-refractivity contribution < 1.29 is 19.2 Å². The van der Waals surface area contributed by atoms with Gasteiger partial charge in [0.2, 0.25) is 5.91 Å². The smallest absolute Gasteiger partial charge is 0.399 e. The van der Waals surface area contributed by atoms with Crippen LogP contribution in [0.3, 0.4) is 0 Å². The molecule has 2 aliphatic rings. The Kier molecular flexibility index (Phi) is 6.71. The van der Waals surface area contributed by atoms with Gasteiger partial charge in [0.15, 0.2) is 0 Å². The van der Waals surface area contributed by atoms with Crippen LogP contribution in [-0.4, -0.2) is 35.9 Å². The van der Waals surface area contributed by atoms with Gasteiger partial charge >= 0.3 is 7.12 Å². The number of amides is 1. The van der Waals surface area contributed by atoms with Crippen LogP contribution in [0, 0.1) is 0 Å². The van der Waals surface area contributed by atoms with Gasteiger partial charge in [0.25, 0.3) is 0 Å². The molecule has 1 amide bonds. The Bertz CT molecular complexity index is 762. The highest BCUT2D eigenvalue weighted by Gasteiger charge is 2.52. The lowest BCUT2D eigenvalue weighted by Crippen LogP contribution is -2.41. The third-order valence-corrected chi connectivity index (χ3v) is 7.17. The van der Waals surface area contributed by atoms with Crippen molar-refractivity contribution in [3.8, 4) is 0 Å². The lowest BCUT2D eigenvalue weighted by molar-refractivity contribution is -0.117. The molecule has 0 aliphatic carbocycles. The molecule has 2 saturated heterocycles. The molecule has 2 fully saturated rings. The maximum atomic E-state index is 12.5. The van der Waals surface area contributed by atoms with Crippen molar-refractivity contribution in [3.05, 3.63) is 23.8 Å². The fourth-order valence-corrected chi connectivity index (χ4v) is 4.29. The van der Waals surface area contributed by atoms with Gasteiger partial charge in [-0.15, -0.1) is 0 Å². The van der Waals surface area contributed by atoms with E-state index in [-0.39, 0.29) is 5.91 Å². The van der Waals surface area contributed by atoms with Crippen LogP contribution in [0.5, 0.6) is 0 Å². The molecule has 0 aromatic heterocycles. The summed E-state index contributed by atoms with van der Waals surface area (Å²) in [5, 5.41) is 11.5. The molecule has 6 heteroatoms. The van der Waals surface area contributed by atoms with Gasteiger partial charge in [-0.05, 0) is 70.1 Å². The van der Waals surface area contributed by atoms with Crippen LogP contribution in [0.15, 0.2) is 18.2 Å². The fraction of sp³-hybridized carbons (Fsp3) is 0.708. The second-order valence-corrected chi connectivity index (χ2v) is 9.89. The minimum atomic E-state index is -0.924. The van der Waals surface area contributed by atoms with E-state index in [0.717, 1.165) is 42.4 Å². The first kappa shape index (κ1) is 23.3. The monoisotopic (exact) mass is 415 g/mol. The van der Waals surface area contributed by atoms with Crippen molar-refractivity contribution in [1.82, 2.24) is 0 Å². The second-order valence-electron chi connectivity index (χ2n) is 9.89. The molecule has 166 valence electrons. The molecular formula is C24H38BNO4. The highest BCUT2D eigenvalue weighted by atomic mass is 16.7. The highest BCUT2D eigenvalue weighted by molar-refractivity contribution is 6.62. The molecule has 30 heavy (non-hydrogen) atoms. The summed E-state index contributed by atoms with van der Waals surface area (Å²) in [5.41, 5.74) is 0.735. The first-order valence-corrected chi connectivity index (χ1v) is 11.6. The Hall–Kier alpha value is -1.37. The number of hydrogen-bond donors (Lipinski definition) is 1. The van der Waals surface area contributed by atoms with Crippen LogP contribution in [0.2, 0.25) is 0 Å². The van der Waals surface area contributed by atoms with E-state index in [0.29, 0.717) is 25.8 Å². The van der Waals surface area contributed by atoms with Crippen LogP contribution in [-0.2, 0) is 19.7 Å². The summed E-state index contributed by atoms with van der Waals surface area (Å²) in [4.78, 5) is 14.3. The quantitative estimate of drug-likeness (QED) is 0.508.